The highest BCUT2D eigenvalue weighted by Crippen LogP contribution is 2.15. The summed E-state index contributed by atoms with van der Waals surface area (Å²) in [4.78, 5) is 25.4. The first-order chi connectivity index (χ1) is 12.7. The Morgan fingerprint density at radius 2 is 1.69 bits per heavy atom. The molecule has 0 spiro atoms. The summed E-state index contributed by atoms with van der Waals surface area (Å²) in [6.45, 7) is 7.45. The van der Waals surface area contributed by atoms with Crippen LogP contribution < -0.4 is 10.1 Å². The molecule has 0 unspecified atom stereocenters. The van der Waals surface area contributed by atoms with Gasteiger partial charge in [0.2, 0.25) is 0 Å². The van der Waals surface area contributed by atoms with E-state index in [-0.39, 0.29) is 12.5 Å². The van der Waals surface area contributed by atoms with Gasteiger partial charge in [0.1, 0.15) is 5.75 Å². The highest BCUT2D eigenvalue weighted by molar-refractivity contribution is 5.80. The fraction of sp³-hybridized carbons (Fsp3) is 0.333. The van der Waals surface area contributed by atoms with E-state index in [2.05, 4.69) is 30.1 Å². The summed E-state index contributed by atoms with van der Waals surface area (Å²) in [5.74, 6) is 0.197. The van der Waals surface area contributed by atoms with Gasteiger partial charge in [0.05, 0.1) is 5.56 Å². The summed E-state index contributed by atoms with van der Waals surface area (Å²) in [7, 11) is 0. The zero-order chi connectivity index (χ0) is 18.8. The van der Waals surface area contributed by atoms with E-state index in [1.165, 1.54) is 5.56 Å². The van der Waals surface area contributed by atoms with E-state index in [0.717, 1.165) is 31.5 Å². The molecule has 0 saturated heterocycles. The minimum atomic E-state index is -0.219. The number of aldehydes is 1. The molecule has 5 nitrogen and oxygen atoms in total. The van der Waals surface area contributed by atoms with Crippen molar-refractivity contribution in [2.75, 3.05) is 19.7 Å². The van der Waals surface area contributed by atoms with Crippen LogP contribution in [0.15, 0.2) is 48.5 Å². The van der Waals surface area contributed by atoms with Gasteiger partial charge in [0, 0.05) is 13.1 Å². The Labute approximate surface area is 155 Å². The van der Waals surface area contributed by atoms with E-state index < -0.39 is 0 Å². The van der Waals surface area contributed by atoms with Crippen molar-refractivity contribution in [1.82, 2.24) is 10.2 Å². The van der Waals surface area contributed by atoms with E-state index in [0.29, 0.717) is 17.9 Å². The molecule has 2 aromatic carbocycles. The smallest absolute Gasteiger partial charge is 0.258 e. The molecule has 0 radical (unpaired) electrons. The van der Waals surface area contributed by atoms with E-state index in [9.17, 15) is 9.59 Å². The Kier molecular flexibility index (Phi) is 7.83. The van der Waals surface area contributed by atoms with Crippen LogP contribution in [-0.4, -0.2) is 36.8 Å². The second kappa shape index (κ2) is 10.4. The number of benzene rings is 2. The molecular formula is C21H26N2O3. The first-order valence-corrected chi connectivity index (χ1v) is 8.90. The molecule has 138 valence electrons. The van der Waals surface area contributed by atoms with Crippen molar-refractivity contribution in [2.45, 2.75) is 26.9 Å². The maximum atomic E-state index is 12.1. The van der Waals surface area contributed by atoms with Crippen molar-refractivity contribution in [1.29, 1.82) is 0 Å². The van der Waals surface area contributed by atoms with Crippen LogP contribution in [0, 0.1) is 0 Å². The molecular weight excluding hydrogens is 328 g/mol. The van der Waals surface area contributed by atoms with Gasteiger partial charge in [-0.15, -0.1) is 0 Å². The molecule has 2 rings (SSSR count). The second-order valence-corrected chi connectivity index (χ2v) is 5.95. The number of carbonyl (C=O) groups is 2. The van der Waals surface area contributed by atoms with Crippen LogP contribution in [0.2, 0.25) is 0 Å². The molecule has 0 heterocycles. The quantitative estimate of drug-likeness (QED) is 0.666. The van der Waals surface area contributed by atoms with Gasteiger partial charge >= 0.3 is 0 Å². The fourth-order valence-corrected chi connectivity index (χ4v) is 2.67. The zero-order valence-corrected chi connectivity index (χ0v) is 15.4. The zero-order valence-electron chi connectivity index (χ0n) is 15.4. The lowest BCUT2D eigenvalue weighted by molar-refractivity contribution is -0.123. The summed E-state index contributed by atoms with van der Waals surface area (Å²) in [5.41, 5.74) is 2.75. The molecule has 2 aromatic rings. The Hall–Kier alpha value is -2.66. The van der Waals surface area contributed by atoms with Crippen LogP contribution in [0.5, 0.6) is 5.75 Å². The highest BCUT2D eigenvalue weighted by Gasteiger charge is 2.09. The van der Waals surface area contributed by atoms with Crippen LogP contribution in [0.1, 0.15) is 35.3 Å². The van der Waals surface area contributed by atoms with E-state index >= 15 is 0 Å². The number of amides is 1. The lowest BCUT2D eigenvalue weighted by atomic mass is 10.1. The van der Waals surface area contributed by atoms with Crippen molar-refractivity contribution in [2.24, 2.45) is 0 Å². The first kappa shape index (κ1) is 19.7. The Morgan fingerprint density at radius 3 is 2.38 bits per heavy atom. The average molecular weight is 354 g/mol. The fourth-order valence-electron chi connectivity index (χ4n) is 2.67. The van der Waals surface area contributed by atoms with Gasteiger partial charge in [-0.1, -0.05) is 50.2 Å². The topological polar surface area (TPSA) is 58.6 Å². The van der Waals surface area contributed by atoms with Gasteiger partial charge in [-0.05, 0) is 36.3 Å². The predicted octanol–water partition coefficient (Wildman–Crippen LogP) is 3.04. The standard InChI is InChI=1S/C21H26N2O3/c1-3-23(4-2)14-18-10-6-5-9-17(18)13-22-21(25)16-26-20-12-8-7-11-19(20)15-24/h5-12,15H,3-4,13-14,16H2,1-2H3,(H,22,25). The SMILES string of the molecule is CCN(CC)Cc1ccccc1CNC(=O)COc1ccccc1C=O. The number of rotatable bonds is 10. The van der Waals surface area contributed by atoms with E-state index in [4.69, 9.17) is 4.74 Å². The van der Waals surface area contributed by atoms with E-state index in [1.54, 1.807) is 24.3 Å². The summed E-state index contributed by atoms with van der Waals surface area (Å²) >= 11 is 0. The second-order valence-electron chi connectivity index (χ2n) is 5.95. The number of ether oxygens (including phenoxy) is 1. The van der Waals surface area contributed by atoms with Crippen molar-refractivity contribution in [3.8, 4) is 5.75 Å². The highest BCUT2D eigenvalue weighted by atomic mass is 16.5. The van der Waals surface area contributed by atoms with Crippen molar-refractivity contribution < 1.29 is 14.3 Å². The molecule has 0 aliphatic carbocycles. The summed E-state index contributed by atoms with van der Waals surface area (Å²) in [6.07, 6.45) is 0.719. The minimum Gasteiger partial charge on any atom is -0.483 e. The maximum absolute atomic E-state index is 12.1. The molecule has 26 heavy (non-hydrogen) atoms. The Balaban J connectivity index is 1.90. The first-order valence-electron chi connectivity index (χ1n) is 8.90. The lowest BCUT2D eigenvalue weighted by Crippen LogP contribution is -2.29. The summed E-state index contributed by atoms with van der Waals surface area (Å²) in [6, 6.07) is 15.0. The molecule has 0 saturated carbocycles. The molecule has 0 aromatic heterocycles. The largest absolute Gasteiger partial charge is 0.483 e. The van der Waals surface area contributed by atoms with Gasteiger partial charge in [0.25, 0.3) is 5.91 Å². The molecule has 1 amide bonds. The average Bonchev–Trinajstić information content (AvgIpc) is 2.69. The van der Waals surface area contributed by atoms with Crippen molar-refractivity contribution >= 4 is 12.2 Å². The minimum absolute atomic E-state index is 0.122. The third-order valence-electron chi connectivity index (χ3n) is 4.29. The third kappa shape index (κ3) is 5.70. The van der Waals surface area contributed by atoms with Crippen molar-refractivity contribution in [3.05, 3.63) is 65.2 Å². The van der Waals surface area contributed by atoms with Crippen LogP contribution in [-0.2, 0) is 17.9 Å². The molecule has 5 heteroatoms. The van der Waals surface area contributed by atoms with Crippen LogP contribution >= 0.6 is 0 Å². The van der Waals surface area contributed by atoms with Gasteiger partial charge in [0.15, 0.2) is 12.9 Å². The Bertz CT molecular complexity index is 727. The normalized spacial score (nSPS) is 10.6. The van der Waals surface area contributed by atoms with Gasteiger partial charge in [-0.25, -0.2) is 0 Å². The van der Waals surface area contributed by atoms with Crippen LogP contribution in [0.25, 0.3) is 0 Å². The van der Waals surface area contributed by atoms with Crippen molar-refractivity contribution in [3.63, 3.8) is 0 Å². The van der Waals surface area contributed by atoms with Gasteiger partial charge in [-0.3, -0.25) is 14.5 Å². The molecule has 1 N–H and O–H groups in total. The number of nitrogens with zero attached hydrogens (tertiary/aromatic N) is 1. The molecule has 0 bridgehead atoms. The molecule has 0 atom stereocenters. The monoisotopic (exact) mass is 354 g/mol. The van der Waals surface area contributed by atoms with Crippen LogP contribution in [0.4, 0.5) is 0 Å². The number of carbonyl (C=O) groups excluding carboxylic acids is 2. The third-order valence-corrected chi connectivity index (χ3v) is 4.29. The summed E-state index contributed by atoms with van der Waals surface area (Å²) < 4.78 is 5.46. The van der Waals surface area contributed by atoms with Gasteiger partial charge < -0.3 is 10.1 Å². The molecule has 0 aliphatic rings. The summed E-state index contributed by atoms with van der Waals surface area (Å²) in [5, 5.41) is 2.89. The lowest BCUT2D eigenvalue weighted by Gasteiger charge is -2.20. The predicted molar refractivity (Wildman–Crippen MR) is 102 cm³/mol. The molecule has 0 aliphatic heterocycles. The number of hydrogen-bond donors (Lipinski definition) is 1. The van der Waals surface area contributed by atoms with Crippen LogP contribution in [0.3, 0.4) is 0 Å². The Morgan fingerprint density at radius 1 is 1.04 bits per heavy atom. The number of para-hydroxylation sites is 1. The number of hydrogen-bond acceptors (Lipinski definition) is 4. The molecule has 0 fully saturated rings. The van der Waals surface area contributed by atoms with E-state index in [1.807, 2.05) is 18.2 Å². The van der Waals surface area contributed by atoms with Gasteiger partial charge in [-0.2, -0.15) is 0 Å². The number of nitrogens with one attached hydrogen (secondary N) is 1. The maximum Gasteiger partial charge on any atom is 0.258 e.